The molecule has 0 aliphatic carbocycles. The maximum absolute atomic E-state index is 13.1. The third-order valence-corrected chi connectivity index (χ3v) is 6.53. The molecule has 13 heteroatoms. The number of nitrogens with one attached hydrogen (secondary N) is 3. The van der Waals surface area contributed by atoms with Gasteiger partial charge in [-0.2, -0.15) is 11.8 Å². The highest BCUT2D eigenvalue weighted by molar-refractivity contribution is 7.98. The quantitative estimate of drug-likeness (QED) is 0.146. The van der Waals surface area contributed by atoms with Gasteiger partial charge in [0.1, 0.15) is 23.9 Å². The predicted molar refractivity (Wildman–Crippen MR) is 149 cm³/mol. The molecule has 2 rings (SSSR count). The van der Waals surface area contributed by atoms with Crippen molar-refractivity contribution in [1.29, 1.82) is 0 Å². The Hall–Kier alpha value is -4.10. The number of benzene rings is 2. The van der Waals surface area contributed by atoms with Crippen molar-refractivity contribution in [3.05, 3.63) is 65.7 Å². The molecule has 0 aliphatic heterocycles. The summed E-state index contributed by atoms with van der Waals surface area (Å²) in [7, 11) is 0. The monoisotopic (exact) mass is 574 g/mol. The minimum atomic E-state index is -1.52. The zero-order valence-corrected chi connectivity index (χ0v) is 22.7. The van der Waals surface area contributed by atoms with E-state index in [1.165, 1.54) is 36.0 Å². The number of carboxylic acids is 2. The maximum atomic E-state index is 13.1. The van der Waals surface area contributed by atoms with E-state index in [9.17, 15) is 39.3 Å². The van der Waals surface area contributed by atoms with Crippen LogP contribution in [0.25, 0.3) is 0 Å². The number of aromatic hydroxyl groups is 1. The lowest BCUT2D eigenvalue weighted by molar-refractivity contribution is -0.143. The molecule has 0 saturated carbocycles. The van der Waals surface area contributed by atoms with Gasteiger partial charge in [0.15, 0.2) is 0 Å². The molecule has 0 aromatic heterocycles. The van der Waals surface area contributed by atoms with E-state index in [0.29, 0.717) is 11.3 Å². The van der Waals surface area contributed by atoms with Crippen LogP contribution in [0.5, 0.6) is 5.75 Å². The molecular formula is C27H34N4O8S. The lowest BCUT2D eigenvalue weighted by Crippen LogP contribution is -2.58. The van der Waals surface area contributed by atoms with Crippen LogP contribution in [-0.4, -0.2) is 81.2 Å². The fourth-order valence-corrected chi connectivity index (χ4v) is 4.21. The molecule has 2 aromatic carbocycles. The number of nitrogens with two attached hydrogens (primary N) is 1. The van der Waals surface area contributed by atoms with Crippen LogP contribution in [0.1, 0.15) is 24.0 Å². The van der Waals surface area contributed by atoms with Gasteiger partial charge in [0.2, 0.25) is 17.7 Å². The van der Waals surface area contributed by atoms with Crippen LogP contribution in [0.2, 0.25) is 0 Å². The number of amides is 3. The first-order chi connectivity index (χ1) is 19.0. The summed E-state index contributed by atoms with van der Waals surface area (Å²) in [6, 6.07) is 9.60. The fourth-order valence-electron chi connectivity index (χ4n) is 3.74. The molecule has 3 amide bonds. The van der Waals surface area contributed by atoms with Gasteiger partial charge in [-0.05, 0) is 48.1 Å². The molecule has 8 N–H and O–H groups in total. The predicted octanol–water partition coefficient (Wildman–Crippen LogP) is 0.272. The molecule has 216 valence electrons. The topological polar surface area (TPSA) is 208 Å². The number of phenols is 1. The van der Waals surface area contributed by atoms with E-state index in [-0.39, 0.29) is 25.0 Å². The van der Waals surface area contributed by atoms with Crippen LogP contribution < -0.4 is 21.7 Å². The number of aliphatic carboxylic acids is 2. The van der Waals surface area contributed by atoms with Crippen molar-refractivity contribution >= 4 is 41.4 Å². The van der Waals surface area contributed by atoms with Crippen molar-refractivity contribution in [3.63, 3.8) is 0 Å². The molecule has 2 aromatic rings. The number of carbonyl (C=O) groups is 5. The zero-order valence-electron chi connectivity index (χ0n) is 21.9. The van der Waals surface area contributed by atoms with Crippen molar-refractivity contribution < 1.29 is 39.3 Å². The Morgan fingerprint density at radius 1 is 0.775 bits per heavy atom. The summed E-state index contributed by atoms with van der Waals surface area (Å²) in [6.45, 7) is 0. The van der Waals surface area contributed by atoms with Crippen molar-refractivity contribution in [2.75, 3.05) is 12.0 Å². The first kappa shape index (κ1) is 32.1. The van der Waals surface area contributed by atoms with E-state index in [1.54, 1.807) is 36.6 Å². The standard InChI is InChI=1S/C27H34N4O8S/c1-40-12-11-20(25(36)31-22(27(38)39)14-17-7-9-18(32)10-8-17)29-26(37)21(15-23(33)34)30-24(35)19(28)13-16-5-3-2-4-6-16/h2-10,19-22,32H,11-15,28H2,1H3,(H,29,37)(H,30,35)(H,31,36)(H,33,34)(H,38,39). The number of rotatable bonds is 16. The highest BCUT2D eigenvalue weighted by Gasteiger charge is 2.31. The first-order valence-corrected chi connectivity index (χ1v) is 13.8. The molecule has 12 nitrogen and oxygen atoms in total. The summed E-state index contributed by atoms with van der Waals surface area (Å²) in [6.07, 6.45) is 1.21. The minimum Gasteiger partial charge on any atom is -0.508 e. The Morgan fingerprint density at radius 3 is 1.90 bits per heavy atom. The van der Waals surface area contributed by atoms with Gasteiger partial charge < -0.3 is 37.0 Å². The van der Waals surface area contributed by atoms with Crippen LogP contribution in [0.15, 0.2) is 54.6 Å². The molecule has 0 fully saturated rings. The Balaban J connectivity index is 2.12. The molecule has 0 spiro atoms. The van der Waals surface area contributed by atoms with Gasteiger partial charge in [0, 0.05) is 6.42 Å². The second-order valence-corrected chi connectivity index (χ2v) is 10.1. The third-order valence-electron chi connectivity index (χ3n) is 5.88. The smallest absolute Gasteiger partial charge is 0.326 e. The number of phenolic OH excluding ortho intramolecular Hbond substituents is 1. The van der Waals surface area contributed by atoms with Gasteiger partial charge in [0.05, 0.1) is 12.5 Å². The summed E-state index contributed by atoms with van der Waals surface area (Å²) in [5, 5.41) is 35.6. The number of thioether (sulfide) groups is 1. The minimum absolute atomic E-state index is 0.00327. The summed E-state index contributed by atoms with van der Waals surface area (Å²) in [5.74, 6) is -4.68. The van der Waals surface area contributed by atoms with Gasteiger partial charge >= 0.3 is 11.9 Å². The van der Waals surface area contributed by atoms with Crippen LogP contribution >= 0.6 is 11.8 Å². The lowest BCUT2D eigenvalue weighted by Gasteiger charge is -2.24. The van der Waals surface area contributed by atoms with E-state index in [4.69, 9.17) is 5.73 Å². The second kappa shape index (κ2) is 16.1. The highest BCUT2D eigenvalue weighted by Crippen LogP contribution is 2.12. The van der Waals surface area contributed by atoms with Crippen molar-refractivity contribution in [2.24, 2.45) is 5.73 Å². The molecule has 0 bridgehead atoms. The summed E-state index contributed by atoms with van der Waals surface area (Å²) in [5.41, 5.74) is 7.29. The van der Waals surface area contributed by atoms with Crippen LogP contribution in [0, 0.1) is 0 Å². The van der Waals surface area contributed by atoms with E-state index < -0.39 is 60.2 Å². The fraction of sp³-hybridized carbons (Fsp3) is 0.370. The van der Waals surface area contributed by atoms with Crippen molar-refractivity contribution in [1.82, 2.24) is 16.0 Å². The average molecular weight is 575 g/mol. The van der Waals surface area contributed by atoms with Crippen molar-refractivity contribution in [3.8, 4) is 5.75 Å². The molecule has 0 radical (unpaired) electrons. The van der Waals surface area contributed by atoms with E-state index in [2.05, 4.69) is 16.0 Å². The summed E-state index contributed by atoms with van der Waals surface area (Å²) in [4.78, 5) is 62.1. The Bertz CT molecular complexity index is 1160. The number of hydrogen-bond donors (Lipinski definition) is 7. The van der Waals surface area contributed by atoms with E-state index >= 15 is 0 Å². The molecule has 0 heterocycles. The molecule has 0 aliphatic rings. The van der Waals surface area contributed by atoms with Crippen LogP contribution in [-0.2, 0) is 36.8 Å². The van der Waals surface area contributed by atoms with Gasteiger partial charge in [-0.25, -0.2) is 4.79 Å². The Kier molecular flexibility index (Phi) is 12.9. The Labute approximate surface area is 235 Å². The molecule has 4 unspecified atom stereocenters. The van der Waals surface area contributed by atoms with Gasteiger partial charge in [-0.3, -0.25) is 19.2 Å². The first-order valence-electron chi connectivity index (χ1n) is 12.4. The normalized spacial score (nSPS) is 13.8. The van der Waals surface area contributed by atoms with E-state index in [1.807, 2.05) is 0 Å². The Morgan fingerprint density at radius 2 is 1.32 bits per heavy atom. The summed E-state index contributed by atoms with van der Waals surface area (Å²) >= 11 is 1.39. The van der Waals surface area contributed by atoms with Gasteiger partial charge in [0.25, 0.3) is 0 Å². The summed E-state index contributed by atoms with van der Waals surface area (Å²) < 4.78 is 0. The average Bonchev–Trinajstić information content (AvgIpc) is 2.91. The maximum Gasteiger partial charge on any atom is 0.326 e. The molecule has 4 atom stereocenters. The van der Waals surface area contributed by atoms with E-state index in [0.717, 1.165) is 5.56 Å². The zero-order chi connectivity index (χ0) is 29.7. The van der Waals surface area contributed by atoms with Crippen LogP contribution in [0.3, 0.4) is 0 Å². The van der Waals surface area contributed by atoms with Crippen LogP contribution in [0.4, 0.5) is 0 Å². The molecule has 40 heavy (non-hydrogen) atoms. The number of hydrogen-bond acceptors (Lipinski definition) is 8. The SMILES string of the molecule is CSCCC(NC(=O)C(CC(=O)O)NC(=O)C(N)Cc1ccccc1)C(=O)NC(Cc1ccc(O)cc1)C(=O)O. The van der Waals surface area contributed by atoms with Gasteiger partial charge in [-0.15, -0.1) is 0 Å². The lowest BCUT2D eigenvalue weighted by atomic mass is 10.0. The molecular weight excluding hydrogens is 540 g/mol. The second-order valence-electron chi connectivity index (χ2n) is 9.07. The largest absolute Gasteiger partial charge is 0.508 e. The third kappa shape index (κ3) is 10.9. The molecule has 0 saturated heterocycles. The van der Waals surface area contributed by atoms with Crippen molar-refractivity contribution in [2.45, 2.75) is 49.9 Å². The number of carboxylic acid groups (broad SMARTS) is 2. The highest BCUT2D eigenvalue weighted by atomic mass is 32.2. The number of carbonyl (C=O) groups excluding carboxylic acids is 3. The van der Waals surface area contributed by atoms with Gasteiger partial charge in [-0.1, -0.05) is 42.5 Å².